The van der Waals surface area contributed by atoms with E-state index in [1.807, 2.05) is 0 Å². The highest BCUT2D eigenvalue weighted by molar-refractivity contribution is 5.93. The Morgan fingerprint density at radius 2 is 2.00 bits per heavy atom. The number of carbonyl (C=O) groups is 2. The van der Waals surface area contributed by atoms with Gasteiger partial charge in [0.2, 0.25) is 5.91 Å². The van der Waals surface area contributed by atoms with Gasteiger partial charge in [-0.2, -0.15) is 0 Å². The van der Waals surface area contributed by atoms with E-state index in [4.69, 9.17) is 5.73 Å². The molecule has 0 saturated heterocycles. The number of Topliss-reactive ketones (excluding diaryl/α,β-unsaturated/α-hetero) is 1. The molecular formula is C11H15N3O4. The van der Waals surface area contributed by atoms with Gasteiger partial charge in [0, 0.05) is 19.2 Å². The second-order valence-electron chi connectivity index (χ2n) is 3.94. The molecule has 1 aromatic heterocycles. The van der Waals surface area contributed by atoms with E-state index in [0.29, 0.717) is 12.8 Å². The molecule has 1 aromatic rings. The quantitative estimate of drug-likeness (QED) is 0.520. The minimum absolute atomic E-state index is 0.0514. The number of nitrogens with one attached hydrogen (secondary N) is 1. The van der Waals surface area contributed by atoms with E-state index in [0.717, 1.165) is 10.8 Å². The molecule has 0 spiro atoms. The largest absolute Gasteiger partial charge is 0.370 e. The number of H-pyrrole nitrogens is 1. The molecule has 1 amide bonds. The zero-order chi connectivity index (χ0) is 13.7. The third-order valence-electron chi connectivity index (χ3n) is 2.49. The number of unbranched alkanes of at least 4 members (excludes halogenated alkanes) is 1. The van der Waals surface area contributed by atoms with Gasteiger partial charge in [-0.25, -0.2) is 4.79 Å². The lowest BCUT2D eigenvalue weighted by atomic mass is 10.2. The number of aromatic nitrogens is 2. The summed E-state index contributed by atoms with van der Waals surface area (Å²) in [7, 11) is 0. The van der Waals surface area contributed by atoms with Crippen molar-refractivity contribution in [3.63, 3.8) is 0 Å². The van der Waals surface area contributed by atoms with Crippen molar-refractivity contribution in [2.75, 3.05) is 0 Å². The Morgan fingerprint density at radius 3 is 2.56 bits per heavy atom. The fraction of sp³-hybridized carbons (Fsp3) is 0.455. The topological polar surface area (TPSA) is 115 Å². The molecule has 0 fully saturated rings. The van der Waals surface area contributed by atoms with Crippen molar-refractivity contribution in [1.29, 1.82) is 0 Å². The van der Waals surface area contributed by atoms with Crippen LogP contribution in [0, 0.1) is 0 Å². The summed E-state index contributed by atoms with van der Waals surface area (Å²) < 4.78 is 0.956. The predicted molar refractivity (Wildman–Crippen MR) is 64.4 cm³/mol. The van der Waals surface area contributed by atoms with Crippen LogP contribution < -0.4 is 17.0 Å². The van der Waals surface area contributed by atoms with Crippen LogP contribution >= 0.6 is 0 Å². The number of hydrogen-bond acceptors (Lipinski definition) is 4. The zero-order valence-corrected chi connectivity index (χ0v) is 10.1. The van der Waals surface area contributed by atoms with Crippen molar-refractivity contribution in [1.82, 2.24) is 9.55 Å². The van der Waals surface area contributed by atoms with Gasteiger partial charge in [0.25, 0.3) is 5.56 Å². The first-order valence-corrected chi connectivity index (χ1v) is 5.55. The van der Waals surface area contributed by atoms with Gasteiger partial charge in [0.1, 0.15) is 0 Å². The normalized spacial score (nSPS) is 10.3. The van der Waals surface area contributed by atoms with Gasteiger partial charge in [-0.1, -0.05) is 0 Å². The van der Waals surface area contributed by atoms with E-state index >= 15 is 0 Å². The molecule has 7 nitrogen and oxygen atoms in total. The Balaban J connectivity index is 2.85. The van der Waals surface area contributed by atoms with Crippen molar-refractivity contribution in [2.45, 2.75) is 32.7 Å². The van der Waals surface area contributed by atoms with Crippen LogP contribution in [-0.2, 0) is 11.3 Å². The molecule has 0 unspecified atom stereocenters. The Bertz CT molecular complexity index is 570. The van der Waals surface area contributed by atoms with E-state index in [-0.39, 0.29) is 18.5 Å². The lowest BCUT2D eigenvalue weighted by Crippen LogP contribution is -2.37. The van der Waals surface area contributed by atoms with Crippen LogP contribution in [0.3, 0.4) is 0 Å². The molecule has 0 radical (unpaired) electrons. The van der Waals surface area contributed by atoms with Crippen LogP contribution in [0.1, 0.15) is 36.5 Å². The van der Waals surface area contributed by atoms with Crippen molar-refractivity contribution in [2.24, 2.45) is 5.73 Å². The third-order valence-corrected chi connectivity index (χ3v) is 2.49. The molecule has 0 saturated carbocycles. The maximum absolute atomic E-state index is 11.8. The highest BCUT2D eigenvalue weighted by Gasteiger charge is 2.10. The number of primary amides is 1. The predicted octanol–water partition coefficient (Wildman–Crippen LogP) is -0.605. The summed E-state index contributed by atoms with van der Waals surface area (Å²) in [5.74, 6) is -0.823. The van der Waals surface area contributed by atoms with Gasteiger partial charge >= 0.3 is 5.69 Å². The van der Waals surface area contributed by atoms with Gasteiger partial charge in [0.05, 0.1) is 5.56 Å². The lowest BCUT2D eigenvalue weighted by molar-refractivity contribution is -0.118. The summed E-state index contributed by atoms with van der Waals surface area (Å²) in [4.78, 5) is 47.3. The van der Waals surface area contributed by atoms with Gasteiger partial charge in [-0.15, -0.1) is 0 Å². The van der Waals surface area contributed by atoms with Crippen molar-refractivity contribution >= 4 is 11.7 Å². The number of rotatable bonds is 6. The molecule has 0 atom stereocenters. The summed E-state index contributed by atoms with van der Waals surface area (Å²) in [5.41, 5.74) is 3.75. The molecule has 0 aliphatic carbocycles. The van der Waals surface area contributed by atoms with E-state index in [2.05, 4.69) is 4.98 Å². The number of amides is 1. The van der Waals surface area contributed by atoms with E-state index in [1.165, 1.54) is 6.92 Å². The van der Waals surface area contributed by atoms with Crippen molar-refractivity contribution in [3.05, 3.63) is 32.6 Å². The molecule has 1 rings (SSSR count). The Hall–Kier alpha value is -2.18. The first-order valence-electron chi connectivity index (χ1n) is 5.55. The van der Waals surface area contributed by atoms with E-state index in [9.17, 15) is 19.2 Å². The van der Waals surface area contributed by atoms with Crippen LogP contribution in [0.4, 0.5) is 0 Å². The smallest absolute Gasteiger partial charge is 0.328 e. The third kappa shape index (κ3) is 3.41. The average Bonchev–Trinajstić information content (AvgIpc) is 2.26. The monoisotopic (exact) mass is 253 g/mol. The fourth-order valence-corrected chi connectivity index (χ4v) is 1.54. The van der Waals surface area contributed by atoms with Crippen LogP contribution in [0.25, 0.3) is 0 Å². The van der Waals surface area contributed by atoms with Crippen LogP contribution in [0.15, 0.2) is 15.8 Å². The summed E-state index contributed by atoms with van der Waals surface area (Å²) in [6.45, 7) is 1.41. The average molecular weight is 253 g/mol. The molecule has 98 valence electrons. The Kier molecular flexibility index (Phi) is 4.59. The molecule has 1 heterocycles. The summed E-state index contributed by atoms with van der Waals surface area (Å²) in [6, 6.07) is 0. The summed E-state index contributed by atoms with van der Waals surface area (Å²) in [6.07, 6.45) is 2.28. The number of ketones is 1. The van der Waals surface area contributed by atoms with E-state index < -0.39 is 22.9 Å². The fourth-order valence-electron chi connectivity index (χ4n) is 1.54. The summed E-state index contributed by atoms with van der Waals surface area (Å²) in [5, 5.41) is 0. The number of aromatic amines is 1. The number of carbonyl (C=O) groups excluding carboxylic acids is 2. The second kappa shape index (κ2) is 5.95. The maximum atomic E-state index is 11.8. The molecule has 0 aromatic carbocycles. The zero-order valence-electron chi connectivity index (χ0n) is 10.1. The second-order valence-corrected chi connectivity index (χ2v) is 3.94. The highest BCUT2D eigenvalue weighted by Crippen LogP contribution is 1.96. The number of hydrogen-bond donors (Lipinski definition) is 2. The van der Waals surface area contributed by atoms with Gasteiger partial charge in [-0.05, 0) is 19.8 Å². The molecular weight excluding hydrogens is 238 g/mol. The molecule has 0 bridgehead atoms. The SMILES string of the molecule is CC(=O)c1c[nH]c(=O)n(CCCCC(N)=O)c1=O. The van der Waals surface area contributed by atoms with E-state index in [1.54, 1.807) is 0 Å². The molecule has 0 aliphatic heterocycles. The molecule has 0 aliphatic rings. The highest BCUT2D eigenvalue weighted by atomic mass is 16.2. The Morgan fingerprint density at radius 1 is 1.33 bits per heavy atom. The first kappa shape index (κ1) is 13.9. The first-order chi connectivity index (χ1) is 8.43. The number of nitrogens with zero attached hydrogens (tertiary/aromatic N) is 1. The van der Waals surface area contributed by atoms with Crippen molar-refractivity contribution < 1.29 is 9.59 Å². The molecule has 18 heavy (non-hydrogen) atoms. The van der Waals surface area contributed by atoms with Gasteiger partial charge < -0.3 is 10.7 Å². The minimum Gasteiger partial charge on any atom is -0.370 e. The minimum atomic E-state index is -0.606. The van der Waals surface area contributed by atoms with Crippen LogP contribution in [0.2, 0.25) is 0 Å². The van der Waals surface area contributed by atoms with Crippen LogP contribution in [0.5, 0.6) is 0 Å². The number of nitrogens with two attached hydrogens (primary N) is 1. The van der Waals surface area contributed by atoms with Crippen LogP contribution in [-0.4, -0.2) is 21.2 Å². The lowest BCUT2D eigenvalue weighted by Gasteiger charge is -2.05. The summed E-state index contributed by atoms with van der Waals surface area (Å²) >= 11 is 0. The molecule has 7 heteroatoms. The Labute approximate surface area is 103 Å². The standard InChI is InChI=1S/C11H15N3O4/c1-7(15)8-6-13-11(18)14(10(8)17)5-3-2-4-9(12)16/h6H,2-5H2,1H3,(H2,12,16)(H,13,18). The maximum Gasteiger partial charge on any atom is 0.328 e. The molecule has 3 N–H and O–H groups in total. The van der Waals surface area contributed by atoms with Gasteiger partial charge in [0.15, 0.2) is 5.78 Å². The van der Waals surface area contributed by atoms with Gasteiger partial charge in [-0.3, -0.25) is 19.0 Å². The van der Waals surface area contributed by atoms with Crippen molar-refractivity contribution in [3.8, 4) is 0 Å².